The molecule has 0 bridgehead atoms. The number of carbonyl (C=O) groups is 2. The van der Waals surface area contributed by atoms with Crippen LogP contribution in [0.3, 0.4) is 0 Å². The fraction of sp³-hybridized carbons (Fsp3) is 0.125. The third-order valence-electron chi connectivity index (χ3n) is 4.78. The Morgan fingerprint density at radius 1 is 0.912 bits per heavy atom. The van der Waals surface area contributed by atoms with E-state index >= 15 is 0 Å². The van der Waals surface area contributed by atoms with Gasteiger partial charge in [0.15, 0.2) is 11.0 Å². The predicted molar refractivity (Wildman–Crippen MR) is 128 cm³/mol. The van der Waals surface area contributed by atoms with Gasteiger partial charge >= 0.3 is 0 Å². The van der Waals surface area contributed by atoms with Crippen molar-refractivity contribution in [2.24, 2.45) is 0 Å². The van der Waals surface area contributed by atoms with E-state index in [9.17, 15) is 9.59 Å². The first-order valence-corrected chi connectivity index (χ1v) is 11.4. The minimum atomic E-state index is -0.360. The van der Waals surface area contributed by atoms with E-state index in [1.54, 1.807) is 19.5 Å². The molecule has 0 radical (unpaired) electrons. The van der Waals surface area contributed by atoms with Crippen LogP contribution < -0.4 is 15.6 Å². The van der Waals surface area contributed by atoms with Crippen molar-refractivity contribution >= 4 is 23.6 Å². The maximum Gasteiger partial charge on any atom is 0.248 e. The molecule has 172 valence electrons. The maximum atomic E-state index is 12.4. The molecule has 0 atom stereocenters. The van der Waals surface area contributed by atoms with Gasteiger partial charge in [-0.15, -0.1) is 10.2 Å². The summed E-state index contributed by atoms with van der Waals surface area (Å²) < 4.78 is 7.11. The number of benzene rings is 2. The predicted octanol–water partition coefficient (Wildman–Crippen LogP) is 2.82. The van der Waals surface area contributed by atoms with Crippen molar-refractivity contribution in [2.45, 2.75) is 11.6 Å². The minimum absolute atomic E-state index is 0.0379. The molecule has 2 aromatic heterocycles. The van der Waals surface area contributed by atoms with Gasteiger partial charge in [-0.2, -0.15) is 0 Å². The Balaban J connectivity index is 1.44. The summed E-state index contributed by atoms with van der Waals surface area (Å²) in [6.07, 6.45) is 3.54. The molecule has 9 nitrogen and oxygen atoms in total. The molecule has 0 aliphatic heterocycles. The Morgan fingerprint density at radius 3 is 2.32 bits per heavy atom. The van der Waals surface area contributed by atoms with Gasteiger partial charge in [-0.05, 0) is 42.0 Å². The zero-order valence-electron chi connectivity index (χ0n) is 18.3. The zero-order valence-corrected chi connectivity index (χ0v) is 19.2. The molecular weight excluding hydrogens is 452 g/mol. The van der Waals surface area contributed by atoms with Crippen LogP contribution in [0.15, 0.2) is 84.3 Å². The van der Waals surface area contributed by atoms with Crippen LogP contribution in [-0.4, -0.2) is 44.4 Å². The lowest BCUT2D eigenvalue weighted by Gasteiger charge is -2.11. The highest BCUT2D eigenvalue weighted by Crippen LogP contribution is 2.28. The summed E-state index contributed by atoms with van der Waals surface area (Å²) in [5, 5.41) is 9.16. The number of hydrogen-bond donors (Lipinski definition) is 2. The molecule has 4 rings (SSSR count). The number of hydrazine groups is 1. The summed E-state index contributed by atoms with van der Waals surface area (Å²) in [5.41, 5.74) is 7.40. The first-order chi connectivity index (χ1) is 16.6. The van der Waals surface area contributed by atoms with E-state index in [4.69, 9.17) is 4.74 Å². The van der Waals surface area contributed by atoms with Crippen LogP contribution in [0.2, 0.25) is 0 Å². The fourth-order valence-corrected chi connectivity index (χ4v) is 3.90. The molecule has 2 aromatic carbocycles. The molecule has 2 heterocycles. The van der Waals surface area contributed by atoms with Crippen molar-refractivity contribution in [1.82, 2.24) is 30.6 Å². The van der Waals surface area contributed by atoms with Gasteiger partial charge < -0.3 is 4.74 Å². The second-order valence-corrected chi connectivity index (χ2v) is 8.07. The Kier molecular flexibility index (Phi) is 7.51. The van der Waals surface area contributed by atoms with E-state index in [1.165, 1.54) is 11.8 Å². The van der Waals surface area contributed by atoms with Crippen molar-refractivity contribution in [3.8, 4) is 22.8 Å². The van der Waals surface area contributed by atoms with Crippen LogP contribution in [-0.2, 0) is 16.0 Å². The van der Waals surface area contributed by atoms with Crippen molar-refractivity contribution in [3.63, 3.8) is 0 Å². The summed E-state index contributed by atoms with van der Waals surface area (Å²) >= 11 is 1.21. The average Bonchev–Trinajstić information content (AvgIpc) is 3.31. The van der Waals surface area contributed by atoms with E-state index in [0.717, 1.165) is 22.6 Å². The lowest BCUT2D eigenvalue weighted by Crippen LogP contribution is -2.43. The van der Waals surface area contributed by atoms with Gasteiger partial charge in [-0.1, -0.05) is 42.1 Å². The highest BCUT2D eigenvalue weighted by Gasteiger charge is 2.17. The summed E-state index contributed by atoms with van der Waals surface area (Å²) in [4.78, 5) is 28.5. The molecule has 34 heavy (non-hydrogen) atoms. The van der Waals surface area contributed by atoms with E-state index in [2.05, 4.69) is 26.0 Å². The summed E-state index contributed by atoms with van der Waals surface area (Å²) in [6.45, 7) is 0. The number of aromatic nitrogens is 4. The lowest BCUT2D eigenvalue weighted by atomic mass is 10.1. The maximum absolute atomic E-state index is 12.4. The second kappa shape index (κ2) is 11.1. The molecule has 2 N–H and O–H groups in total. The molecule has 0 fully saturated rings. The smallest absolute Gasteiger partial charge is 0.248 e. The molecule has 0 aliphatic carbocycles. The van der Waals surface area contributed by atoms with Gasteiger partial charge in [-0.25, -0.2) is 0 Å². The number of pyridine rings is 1. The Bertz CT molecular complexity index is 1250. The number of methoxy groups -OCH3 is 1. The van der Waals surface area contributed by atoms with Crippen molar-refractivity contribution in [2.75, 3.05) is 12.9 Å². The van der Waals surface area contributed by atoms with Crippen molar-refractivity contribution in [3.05, 3.63) is 84.7 Å². The second-order valence-electron chi connectivity index (χ2n) is 7.12. The van der Waals surface area contributed by atoms with Gasteiger partial charge in [0, 0.05) is 23.6 Å². The van der Waals surface area contributed by atoms with E-state index in [1.807, 2.05) is 71.3 Å². The molecule has 2 amide bonds. The Hall–Kier alpha value is -4.18. The number of nitrogens with zero attached hydrogens (tertiary/aromatic N) is 4. The molecule has 0 unspecified atom stereocenters. The minimum Gasteiger partial charge on any atom is -0.497 e. The first kappa shape index (κ1) is 23.0. The zero-order chi connectivity index (χ0) is 23.8. The topological polar surface area (TPSA) is 111 Å². The molecule has 0 aliphatic rings. The Labute approximate surface area is 200 Å². The monoisotopic (exact) mass is 474 g/mol. The number of rotatable bonds is 8. The van der Waals surface area contributed by atoms with Crippen LogP contribution in [0.1, 0.15) is 5.56 Å². The first-order valence-electron chi connectivity index (χ1n) is 10.4. The van der Waals surface area contributed by atoms with E-state index in [0.29, 0.717) is 11.0 Å². The van der Waals surface area contributed by atoms with Gasteiger partial charge in [0.25, 0.3) is 0 Å². The number of amides is 2. The summed E-state index contributed by atoms with van der Waals surface area (Å²) in [7, 11) is 1.61. The normalized spacial score (nSPS) is 10.5. The molecule has 0 saturated carbocycles. The van der Waals surface area contributed by atoms with Gasteiger partial charge in [0.2, 0.25) is 11.8 Å². The summed E-state index contributed by atoms with van der Waals surface area (Å²) in [5.74, 6) is 0.719. The molecule has 0 saturated heterocycles. The molecular formula is C24H22N6O3S. The fourth-order valence-electron chi connectivity index (χ4n) is 3.15. The molecule has 0 spiro atoms. The molecule has 4 aromatic rings. The van der Waals surface area contributed by atoms with Gasteiger partial charge in [-0.3, -0.25) is 30.0 Å². The van der Waals surface area contributed by atoms with E-state index < -0.39 is 0 Å². The number of nitrogens with one attached hydrogen (secondary N) is 2. The number of ether oxygens (including phenoxy) is 1. The molecule has 10 heteroatoms. The van der Waals surface area contributed by atoms with Crippen LogP contribution in [0, 0.1) is 0 Å². The average molecular weight is 475 g/mol. The standard InChI is InChI=1S/C24H22N6O3S/c1-33-20-9-7-19(8-10-20)30-23(18-11-13-25-14-12-18)28-29-24(30)34-16-22(32)27-26-21(31)15-17-5-3-2-4-6-17/h2-14H,15-16H2,1H3,(H,26,31)(H,27,32). The highest BCUT2D eigenvalue weighted by molar-refractivity contribution is 7.99. The third kappa shape index (κ3) is 5.78. The van der Waals surface area contributed by atoms with Crippen LogP contribution in [0.25, 0.3) is 17.1 Å². The SMILES string of the molecule is COc1ccc(-n2c(SCC(=O)NNC(=O)Cc3ccccc3)nnc2-c2ccncc2)cc1. The highest BCUT2D eigenvalue weighted by atomic mass is 32.2. The van der Waals surface area contributed by atoms with Crippen molar-refractivity contribution < 1.29 is 14.3 Å². The largest absolute Gasteiger partial charge is 0.497 e. The number of thioether (sulfide) groups is 1. The summed E-state index contributed by atoms with van der Waals surface area (Å²) in [6, 6.07) is 20.4. The Morgan fingerprint density at radius 2 is 1.62 bits per heavy atom. The van der Waals surface area contributed by atoms with Gasteiger partial charge in [0.05, 0.1) is 19.3 Å². The van der Waals surface area contributed by atoms with E-state index in [-0.39, 0.29) is 24.0 Å². The van der Waals surface area contributed by atoms with Crippen LogP contribution in [0.5, 0.6) is 5.75 Å². The number of carbonyl (C=O) groups excluding carboxylic acids is 2. The van der Waals surface area contributed by atoms with Crippen molar-refractivity contribution in [1.29, 1.82) is 0 Å². The quantitative estimate of drug-likeness (QED) is 0.298. The third-order valence-corrected chi connectivity index (χ3v) is 5.71. The lowest BCUT2D eigenvalue weighted by molar-refractivity contribution is -0.127. The van der Waals surface area contributed by atoms with Crippen LogP contribution in [0.4, 0.5) is 0 Å². The number of hydrogen-bond acceptors (Lipinski definition) is 7. The van der Waals surface area contributed by atoms with Crippen LogP contribution >= 0.6 is 11.8 Å². The van der Waals surface area contributed by atoms with Gasteiger partial charge in [0.1, 0.15) is 5.75 Å².